The van der Waals surface area contributed by atoms with Crippen LogP contribution in [0.15, 0.2) is 15.8 Å². The van der Waals surface area contributed by atoms with Crippen molar-refractivity contribution in [2.24, 2.45) is 0 Å². The molecule has 0 amide bonds. The average molecular weight is 338 g/mol. The van der Waals surface area contributed by atoms with Crippen LogP contribution in [-0.4, -0.2) is 56.1 Å². The van der Waals surface area contributed by atoms with Crippen molar-refractivity contribution in [3.63, 3.8) is 0 Å². The predicted molar refractivity (Wildman–Crippen MR) is 70.2 cm³/mol. The summed E-state index contributed by atoms with van der Waals surface area (Å²) in [5.74, 6) is 0. The Morgan fingerprint density at radius 2 is 2.18 bits per heavy atom. The molecule has 12 heteroatoms. The first-order valence-corrected chi connectivity index (χ1v) is 7.93. The van der Waals surface area contributed by atoms with E-state index in [1.807, 2.05) is 4.98 Å². The normalized spacial score (nSPS) is 25.4. The Bertz CT molecular complexity index is 692. The van der Waals surface area contributed by atoms with Gasteiger partial charge in [-0.3, -0.25) is 14.3 Å². The van der Waals surface area contributed by atoms with Gasteiger partial charge in [0.15, 0.2) is 0 Å². The number of aromatic nitrogens is 2. The Morgan fingerprint density at radius 1 is 1.50 bits per heavy atom. The zero-order valence-corrected chi connectivity index (χ0v) is 12.3. The Balaban J connectivity index is 2.03. The molecule has 0 spiro atoms. The lowest BCUT2D eigenvalue weighted by atomic mass is 10.2. The Hall–Kier alpha value is -1.49. The van der Waals surface area contributed by atoms with Gasteiger partial charge in [-0.1, -0.05) is 0 Å². The van der Waals surface area contributed by atoms with E-state index in [9.17, 15) is 19.3 Å². The van der Waals surface area contributed by atoms with Crippen LogP contribution >= 0.6 is 7.60 Å². The Kier molecular flexibility index (Phi) is 4.85. The molecule has 2 heterocycles. The second-order valence-corrected chi connectivity index (χ2v) is 6.28. The zero-order valence-electron chi connectivity index (χ0n) is 11.4. The van der Waals surface area contributed by atoms with Gasteiger partial charge in [-0.25, -0.2) is 4.79 Å². The van der Waals surface area contributed by atoms with Crippen molar-refractivity contribution < 1.29 is 33.8 Å². The van der Waals surface area contributed by atoms with Gasteiger partial charge in [-0.2, -0.15) is 0 Å². The van der Waals surface area contributed by atoms with Crippen molar-refractivity contribution in [1.82, 2.24) is 9.71 Å². The van der Waals surface area contributed by atoms with Crippen LogP contribution in [0.4, 0.5) is 0 Å². The predicted octanol–water partition coefficient (Wildman–Crippen LogP) is -2.49. The first-order valence-electron chi connectivity index (χ1n) is 6.13. The van der Waals surface area contributed by atoms with Crippen LogP contribution in [0.5, 0.6) is 0 Å². The standard InChI is InChI=1S/C10H15N2O9P/c1-5-2-12(10(15)11-8(5)14)21-9-7(13)6(3-19-9)20-4-22(16,17)18/h2,6-7,9,13H,3-4H2,1H3,(H,11,14,15)(H2,16,17,18)/t6-,7+,9?/m0/s1. The number of aryl methyl sites for hydroxylation is 1. The summed E-state index contributed by atoms with van der Waals surface area (Å²) in [6.45, 7) is 1.28. The monoisotopic (exact) mass is 338 g/mol. The van der Waals surface area contributed by atoms with E-state index in [4.69, 9.17) is 24.1 Å². The van der Waals surface area contributed by atoms with Crippen LogP contribution in [0.3, 0.4) is 0 Å². The van der Waals surface area contributed by atoms with E-state index in [0.29, 0.717) is 4.73 Å². The van der Waals surface area contributed by atoms with Gasteiger partial charge >= 0.3 is 13.3 Å². The van der Waals surface area contributed by atoms with Gasteiger partial charge in [0.05, 0.1) is 12.8 Å². The van der Waals surface area contributed by atoms with Crippen molar-refractivity contribution in [1.29, 1.82) is 0 Å². The first-order chi connectivity index (χ1) is 10.2. The lowest BCUT2D eigenvalue weighted by Gasteiger charge is -2.19. The van der Waals surface area contributed by atoms with Crippen molar-refractivity contribution >= 4 is 7.60 Å². The van der Waals surface area contributed by atoms with Crippen LogP contribution in [0.2, 0.25) is 0 Å². The molecule has 124 valence electrons. The topological polar surface area (TPSA) is 160 Å². The lowest BCUT2D eigenvalue weighted by molar-refractivity contribution is -0.159. The minimum absolute atomic E-state index is 0.178. The maximum absolute atomic E-state index is 11.5. The fourth-order valence-corrected chi connectivity index (χ4v) is 2.11. The highest BCUT2D eigenvalue weighted by Gasteiger charge is 2.40. The third-order valence-corrected chi connectivity index (χ3v) is 3.33. The number of hydrogen-bond acceptors (Lipinski definition) is 7. The van der Waals surface area contributed by atoms with Gasteiger partial charge in [0, 0.05) is 5.56 Å². The molecule has 1 aromatic heterocycles. The molecule has 0 radical (unpaired) electrons. The molecule has 1 unspecified atom stereocenters. The summed E-state index contributed by atoms with van der Waals surface area (Å²) in [5.41, 5.74) is -1.21. The summed E-state index contributed by atoms with van der Waals surface area (Å²) in [5, 5.41) is 9.91. The Labute approximate surface area is 123 Å². The first kappa shape index (κ1) is 16.9. The molecule has 22 heavy (non-hydrogen) atoms. The third-order valence-electron chi connectivity index (χ3n) is 2.85. The molecular formula is C10H15N2O9P. The third kappa shape index (κ3) is 4.03. The van der Waals surface area contributed by atoms with Crippen LogP contribution in [0.1, 0.15) is 5.56 Å². The quantitative estimate of drug-likeness (QED) is 0.426. The molecule has 0 bridgehead atoms. The maximum Gasteiger partial charge on any atom is 0.361 e. The van der Waals surface area contributed by atoms with Gasteiger partial charge in [-0.05, 0) is 6.92 Å². The highest BCUT2D eigenvalue weighted by Crippen LogP contribution is 2.35. The van der Waals surface area contributed by atoms with Crippen LogP contribution in [-0.2, 0) is 14.0 Å². The molecule has 1 fully saturated rings. The minimum atomic E-state index is -4.38. The summed E-state index contributed by atoms with van der Waals surface area (Å²) in [6, 6.07) is 0. The molecule has 0 aromatic carbocycles. The number of rotatable bonds is 5. The van der Waals surface area contributed by atoms with E-state index in [1.54, 1.807) is 0 Å². The second-order valence-electron chi connectivity index (χ2n) is 4.69. The molecule has 0 saturated carbocycles. The second kappa shape index (κ2) is 6.32. The van der Waals surface area contributed by atoms with Gasteiger partial charge in [0.2, 0.25) is 0 Å². The van der Waals surface area contributed by atoms with Gasteiger partial charge in [-0.15, -0.1) is 4.73 Å². The summed E-state index contributed by atoms with van der Waals surface area (Å²) in [7, 11) is -4.38. The van der Waals surface area contributed by atoms with Crippen molar-refractivity contribution in [2.75, 3.05) is 13.0 Å². The number of ether oxygens (including phenoxy) is 2. The van der Waals surface area contributed by atoms with E-state index in [1.165, 1.54) is 6.92 Å². The summed E-state index contributed by atoms with van der Waals surface area (Å²) < 4.78 is 21.3. The lowest BCUT2D eigenvalue weighted by Crippen LogP contribution is -2.43. The molecule has 0 aliphatic carbocycles. The van der Waals surface area contributed by atoms with Crippen LogP contribution < -0.4 is 16.1 Å². The highest BCUT2D eigenvalue weighted by atomic mass is 31.2. The minimum Gasteiger partial charge on any atom is -0.384 e. The Morgan fingerprint density at radius 3 is 2.82 bits per heavy atom. The largest absolute Gasteiger partial charge is 0.384 e. The number of aliphatic hydroxyl groups is 1. The molecule has 11 nitrogen and oxygen atoms in total. The van der Waals surface area contributed by atoms with Crippen molar-refractivity contribution in [3.8, 4) is 0 Å². The van der Waals surface area contributed by atoms with Crippen LogP contribution in [0.25, 0.3) is 0 Å². The zero-order chi connectivity index (χ0) is 16.5. The van der Waals surface area contributed by atoms with Gasteiger partial charge in [0.1, 0.15) is 18.6 Å². The van der Waals surface area contributed by atoms with Gasteiger partial charge < -0.3 is 29.2 Å². The molecule has 1 aliphatic rings. The van der Waals surface area contributed by atoms with E-state index >= 15 is 0 Å². The fourth-order valence-electron chi connectivity index (χ4n) is 1.73. The molecule has 2 rings (SSSR count). The summed E-state index contributed by atoms with van der Waals surface area (Å²) in [6.07, 6.45) is -3.42. The highest BCUT2D eigenvalue weighted by molar-refractivity contribution is 7.51. The molecule has 1 saturated heterocycles. The molecule has 1 aliphatic heterocycles. The van der Waals surface area contributed by atoms with E-state index in [-0.39, 0.29) is 12.2 Å². The smallest absolute Gasteiger partial charge is 0.361 e. The SMILES string of the molecule is Cc1cn(OC2OC[C@H](OCP(=O)(O)O)[C@H]2O)c(=O)[nH]c1=O. The van der Waals surface area contributed by atoms with Gasteiger partial charge in [0.25, 0.3) is 11.8 Å². The fraction of sp³-hybridized carbons (Fsp3) is 0.600. The van der Waals surface area contributed by atoms with Crippen LogP contribution in [0, 0.1) is 6.92 Å². The van der Waals surface area contributed by atoms with E-state index < -0.39 is 43.7 Å². The van der Waals surface area contributed by atoms with E-state index in [0.717, 1.165) is 6.20 Å². The number of aromatic amines is 1. The van der Waals surface area contributed by atoms with Crippen molar-refractivity contribution in [2.45, 2.75) is 25.4 Å². The number of aliphatic hydroxyl groups excluding tert-OH is 1. The van der Waals surface area contributed by atoms with E-state index in [2.05, 4.69) is 0 Å². The number of nitrogens with one attached hydrogen (secondary N) is 1. The maximum atomic E-state index is 11.5. The number of nitrogens with zero attached hydrogens (tertiary/aromatic N) is 1. The average Bonchev–Trinajstić information content (AvgIpc) is 2.74. The molecule has 1 aromatic rings. The number of H-pyrrole nitrogens is 1. The molecule has 4 N–H and O–H groups in total. The molecular weight excluding hydrogens is 323 g/mol. The van der Waals surface area contributed by atoms with Crippen molar-refractivity contribution in [3.05, 3.63) is 32.6 Å². The summed E-state index contributed by atoms with van der Waals surface area (Å²) in [4.78, 5) is 47.3. The summed E-state index contributed by atoms with van der Waals surface area (Å²) >= 11 is 0. The molecule has 3 atom stereocenters. The number of hydrogen-bond donors (Lipinski definition) is 4.